The van der Waals surface area contributed by atoms with E-state index in [9.17, 15) is 0 Å². The van der Waals surface area contributed by atoms with Gasteiger partial charge in [0, 0.05) is 15.2 Å². The van der Waals surface area contributed by atoms with Gasteiger partial charge in [0.1, 0.15) is 11.2 Å². The molecule has 0 fully saturated rings. The van der Waals surface area contributed by atoms with E-state index in [1.165, 1.54) is 37.5 Å². The van der Waals surface area contributed by atoms with E-state index in [-0.39, 0.29) is 16.2 Å². The SMILES string of the molecule is CC1(C)c2cc(Br)c(Cc3ccc4c(c3)oc3ccccc34)cc2C(C)(C)C1(C)C. The Morgan fingerprint density at radius 3 is 2.10 bits per heavy atom. The van der Waals surface area contributed by atoms with E-state index in [2.05, 4.69) is 99.9 Å². The quantitative estimate of drug-likeness (QED) is 0.292. The van der Waals surface area contributed by atoms with E-state index in [4.69, 9.17) is 4.42 Å². The van der Waals surface area contributed by atoms with Gasteiger partial charge in [-0.1, -0.05) is 93.9 Å². The van der Waals surface area contributed by atoms with Gasteiger partial charge in [-0.05, 0) is 63.1 Å². The van der Waals surface area contributed by atoms with Crippen molar-refractivity contribution in [2.45, 2.75) is 58.8 Å². The number of para-hydroxylation sites is 1. The molecule has 1 aromatic heterocycles. The Labute approximate surface area is 187 Å². The molecule has 0 bridgehead atoms. The number of rotatable bonds is 2. The van der Waals surface area contributed by atoms with Gasteiger partial charge >= 0.3 is 0 Å². The van der Waals surface area contributed by atoms with E-state index >= 15 is 0 Å². The molecule has 0 saturated heterocycles. The third-order valence-electron chi connectivity index (χ3n) is 8.50. The zero-order chi connectivity index (χ0) is 21.5. The molecule has 0 N–H and O–H groups in total. The molecule has 30 heavy (non-hydrogen) atoms. The highest BCUT2D eigenvalue weighted by atomic mass is 79.9. The first-order valence-corrected chi connectivity index (χ1v) is 11.6. The Morgan fingerprint density at radius 1 is 0.733 bits per heavy atom. The minimum atomic E-state index is 0.115. The van der Waals surface area contributed by atoms with Crippen LogP contribution in [0.25, 0.3) is 21.9 Å². The van der Waals surface area contributed by atoms with Crippen molar-refractivity contribution >= 4 is 37.9 Å². The third-order valence-corrected chi connectivity index (χ3v) is 9.23. The van der Waals surface area contributed by atoms with E-state index in [0.717, 1.165) is 17.6 Å². The number of furan rings is 1. The molecule has 4 aromatic rings. The summed E-state index contributed by atoms with van der Waals surface area (Å²) in [5.74, 6) is 0. The molecule has 0 atom stereocenters. The maximum atomic E-state index is 6.11. The summed E-state index contributed by atoms with van der Waals surface area (Å²) in [6.07, 6.45) is 0.887. The average molecular weight is 461 g/mol. The maximum absolute atomic E-state index is 6.11. The fourth-order valence-electron chi connectivity index (χ4n) is 5.34. The van der Waals surface area contributed by atoms with Crippen molar-refractivity contribution in [2.24, 2.45) is 5.41 Å². The highest BCUT2D eigenvalue weighted by Gasteiger charge is 2.56. The van der Waals surface area contributed by atoms with E-state index in [1.54, 1.807) is 0 Å². The van der Waals surface area contributed by atoms with Gasteiger partial charge in [0.2, 0.25) is 0 Å². The zero-order valence-electron chi connectivity index (χ0n) is 18.7. The Bertz CT molecular complexity index is 1300. The van der Waals surface area contributed by atoms with Crippen molar-refractivity contribution < 1.29 is 4.42 Å². The predicted molar refractivity (Wildman–Crippen MR) is 131 cm³/mol. The summed E-state index contributed by atoms with van der Waals surface area (Å²) in [5, 5.41) is 2.37. The monoisotopic (exact) mass is 460 g/mol. The third kappa shape index (κ3) is 2.52. The first-order chi connectivity index (χ1) is 14.0. The molecule has 1 nitrogen and oxygen atoms in total. The Morgan fingerprint density at radius 2 is 1.37 bits per heavy atom. The summed E-state index contributed by atoms with van der Waals surface area (Å²) >= 11 is 3.89. The zero-order valence-corrected chi connectivity index (χ0v) is 20.3. The summed E-state index contributed by atoms with van der Waals surface area (Å²) < 4.78 is 7.31. The van der Waals surface area contributed by atoms with Gasteiger partial charge in [-0.3, -0.25) is 0 Å². The molecule has 1 aliphatic rings. The van der Waals surface area contributed by atoms with Crippen LogP contribution in [0.4, 0.5) is 0 Å². The second kappa shape index (κ2) is 6.23. The van der Waals surface area contributed by atoms with Crippen LogP contribution in [0.5, 0.6) is 0 Å². The highest BCUT2D eigenvalue weighted by Crippen LogP contribution is 2.62. The first kappa shape index (κ1) is 19.9. The molecule has 0 amide bonds. The molecule has 2 heteroatoms. The Kier molecular flexibility index (Phi) is 4.13. The van der Waals surface area contributed by atoms with Gasteiger partial charge in [-0.2, -0.15) is 0 Å². The molecule has 0 spiro atoms. The van der Waals surface area contributed by atoms with E-state index in [1.807, 2.05) is 12.1 Å². The van der Waals surface area contributed by atoms with E-state index in [0.29, 0.717) is 0 Å². The van der Waals surface area contributed by atoms with Crippen LogP contribution in [0.1, 0.15) is 63.8 Å². The number of hydrogen-bond acceptors (Lipinski definition) is 1. The van der Waals surface area contributed by atoms with Crippen LogP contribution >= 0.6 is 15.9 Å². The molecule has 5 rings (SSSR count). The van der Waals surface area contributed by atoms with Crippen LogP contribution < -0.4 is 0 Å². The van der Waals surface area contributed by atoms with Crippen LogP contribution in [0.2, 0.25) is 0 Å². The summed E-state index contributed by atoms with van der Waals surface area (Å²) in [6.45, 7) is 14.4. The Balaban J connectivity index is 1.59. The van der Waals surface area contributed by atoms with Crippen LogP contribution in [0.15, 0.2) is 63.5 Å². The standard InChI is InChI=1S/C28H29BrO/c1-26(2)21-15-18(23(29)16-22(21)27(3,4)28(26,5)6)13-17-11-12-20-19-9-7-8-10-24(19)30-25(20)14-17/h7-12,14-16H,13H2,1-6H3. The summed E-state index contributed by atoms with van der Waals surface area (Å²) in [4.78, 5) is 0. The summed E-state index contributed by atoms with van der Waals surface area (Å²) in [6, 6.07) is 19.7. The van der Waals surface area contributed by atoms with Crippen LogP contribution in [0, 0.1) is 5.41 Å². The second-order valence-electron chi connectivity index (χ2n) is 10.5. The van der Waals surface area contributed by atoms with Gasteiger partial charge in [0.25, 0.3) is 0 Å². The van der Waals surface area contributed by atoms with Gasteiger partial charge < -0.3 is 4.42 Å². The lowest BCUT2D eigenvalue weighted by atomic mass is 9.59. The van der Waals surface area contributed by atoms with Crippen molar-refractivity contribution in [3.05, 3.63) is 81.3 Å². The smallest absolute Gasteiger partial charge is 0.135 e. The van der Waals surface area contributed by atoms with E-state index < -0.39 is 0 Å². The molecule has 0 radical (unpaired) electrons. The van der Waals surface area contributed by atoms with Crippen LogP contribution in [0.3, 0.4) is 0 Å². The molecule has 3 aromatic carbocycles. The maximum Gasteiger partial charge on any atom is 0.135 e. The number of fused-ring (bicyclic) bond motifs is 4. The van der Waals surface area contributed by atoms with Gasteiger partial charge in [0.15, 0.2) is 0 Å². The molecule has 0 saturated carbocycles. The first-order valence-electron chi connectivity index (χ1n) is 10.8. The normalized spacial score (nSPS) is 18.8. The average Bonchev–Trinajstić information content (AvgIpc) is 3.10. The molecule has 1 aliphatic carbocycles. The van der Waals surface area contributed by atoms with Crippen LogP contribution in [-0.4, -0.2) is 0 Å². The van der Waals surface area contributed by atoms with Gasteiger partial charge in [-0.25, -0.2) is 0 Å². The minimum absolute atomic E-state index is 0.115. The highest BCUT2D eigenvalue weighted by molar-refractivity contribution is 9.10. The topological polar surface area (TPSA) is 13.1 Å². The van der Waals surface area contributed by atoms with Crippen molar-refractivity contribution in [1.82, 2.24) is 0 Å². The largest absolute Gasteiger partial charge is 0.456 e. The fourth-order valence-corrected chi connectivity index (χ4v) is 5.83. The molecule has 154 valence electrons. The van der Waals surface area contributed by atoms with Crippen LogP contribution in [-0.2, 0) is 17.3 Å². The molecular formula is C28H29BrO. The fraction of sp³-hybridized carbons (Fsp3) is 0.357. The predicted octanol–water partition coefficient (Wildman–Crippen LogP) is 8.53. The number of halogens is 1. The molecule has 0 aliphatic heterocycles. The molecule has 1 heterocycles. The lowest BCUT2D eigenvalue weighted by Gasteiger charge is -2.44. The van der Waals surface area contributed by atoms with Crippen molar-refractivity contribution in [2.75, 3.05) is 0 Å². The summed E-state index contributed by atoms with van der Waals surface area (Å²) in [5.41, 5.74) is 7.91. The summed E-state index contributed by atoms with van der Waals surface area (Å²) in [7, 11) is 0. The lowest BCUT2D eigenvalue weighted by molar-refractivity contribution is 0.125. The van der Waals surface area contributed by atoms with Crippen molar-refractivity contribution in [3.8, 4) is 0 Å². The molecular weight excluding hydrogens is 432 g/mol. The second-order valence-corrected chi connectivity index (χ2v) is 11.3. The minimum Gasteiger partial charge on any atom is -0.456 e. The Hall–Kier alpha value is -2.06. The van der Waals surface area contributed by atoms with Gasteiger partial charge in [0.05, 0.1) is 0 Å². The molecule has 0 unspecified atom stereocenters. The number of benzene rings is 3. The lowest BCUT2D eigenvalue weighted by Crippen LogP contribution is -2.42. The van der Waals surface area contributed by atoms with Gasteiger partial charge in [-0.15, -0.1) is 0 Å². The van der Waals surface area contributed by atoms with Crippen molar-refractivity contribution in [1.29, 1.82) is 0 Å². The van der Waals surface area contributed by atoms with Crippen molar-refractivity contribution in [3.63, 3.8) is 0 Å². The number of hydrogen-bond donors (Lipinski definition) is 0.